The van der Waals surface area contributed by atoms with E-state index in [1.54, 1.807) is 0 Å². The van der Waals surface area contributed by atoms with E-state index in [1.165, 1.54) is 42.2 Å². The lowest BCUT2D eigenvalue weighted by Gasteiger charge is -2.23. The maximum absolute atomic E-state index is 13.9. The number of aromatic nitrogens is 4. The average Bonchev–Trinajstić information content (AvgIpc) is 3.15. The lowest BCUT2D eigenvalue weighted by Crippen LogP contribution is -2.24. The first kappa shape index (κ1) is 19.1. The summed E-state index contributed by atoms with van der Waals surface area (Å²) in [6.45, 7) is 2.70. The molecule has 1 fully saturated rings. The quantitative estimate of drug-likeness (QED) is 0.587. The summed E-state index contributed by atoms with van der Waals surface area (Å²) in [5.74, 6) is -0.412. The van der Waals surface area contributed by atoms with Crippen LogP contribution in [0.1, 0.15) is 49.5 Å². The van der Waals surface area contributed by atoms with Gasteiger partial charge >= 0.3 is 0 Å². The van der Waals surface area contributed by atoms with E-state index >= 15 is 0 Å². The molecule has 8 nitrogen and oxygen atoms in total. The molecule has 3 aromatic heterocycles. The maximum atomic E-state index is 13.9. The van der Waals surface area contributed by atoms with Crippen LogP contribution in [0.2, 0.25) is 0 Å². The van der Waals surface area contributed by atoms with E-state index in [0.717, 1.165) is 24.7 Å². The van der Waals surface area contributed by atoms with Crippen molar-refractivity contribution in [2.45, 2.75) is 45.1 Å². The predicted octanol–water partition coefficient (Wildman–Crippen LogP) is 3.69. The van der Waals surface area contributed by atoms with Crippen LogP contribution in [0.3, 0.4) is 0 Å². The lowest BCUT2D eigenvalue weighted by atomic mass is 9.95. The molecular weight excluding hydrogens is 373 g/mol. The summed E-state index contributed by atoms with van der Waals surface area (Å²) in [5.41, 5.74) is 1.61. The fourth-order valence-corrected chi connectivity index (χ4v) is 3.63. The lowest BCUT2D eigenvalue weighted by molar-refractivity contribution is 0.102. The normalized spacial score (nSPS) is 14.7. The standard InChI is InChI=1S/C20H24FN7O/c1-2-23-16-10-18(25-13-6-4-3-5-7-13)27-28-17(12-24-19(16)28)20(29)26-15-8-9-22-11-14(15)21/h8-13,23H,2-7H2,1H3,(H,25,27)(H,22,26,29). The van der Waals surface area contributed by atoms with Crippen molar-refractivity contribution in [3.8, 4) is 0 Å². The topological polar surface area (TPSA) is 96.2 Å². The van der Waals surface area contributed by atoms with E-state index in [9.17, 15) is 9.18 Å². The summed E-state index contributed by atoms with van der Waals surface area (Å²) in [6.07, 6.45) is 9.81. The Balaban J connectivity index is 1.67. The first-order chi connectivity index (χ1) is 14.2. The summed E-state index contributed by atoms with van der Waals surface area (Å²) in [4.78, 5) is 20.8. The Morgan fingerprint density at radius 3 is 2.83 bits per heavy atom. The maximum Gasteiger partial charge on any atom is 0.276 e. The van der Waals surface area contributed by atoms with Gasteiger partial charge in [0, 0.05) is 24.8 Å². The molecule has 9 heteroatoms. The van der Waals surface area contributed by atoms with Gasteiger partial charge in [-0.15, -0.1) is 5.10 Å². The van der Waals surface area contributed by atoms with Crippen molar-refractivity contribution in [1.29, 1.82) is 0 Å². The molecule has 1 aliphatic rings. The number of carbonyl (C=O) groups excluding carboxylic acids is 1. The van der Waals surface area contributed by atoms with E-state index < -0.39 is 11.7 Å². The molecule has 3 heterocycles. The highest BCUT2D eigenvalue weighted by atomic mass is 19.1. The molecule has 3 N–H and O–H groups in total. The zero-order valence-electron chi connectivity index (χ0n) is 16.3. The van der Waals surface area contributed by atoms with Crippen LogP contribution in [0.15, 0.2) is 30.7 Å². The van der Waals surface area contributed by atoms with Crippen LogP contribution < -0.4 is 16.0 Å². The monoisotopic (exact) mass is 397 g/mol. The molecule has 0 aliphatic heterocycles. The number of hydrogen-bond donors (Lipinski definition) is 3. The van der Waals surface area contributed by atoms with Crippen molar-refractivity contribution < 1.29 is 9.18 Å². The summed E-state index contributed by atoms with van der Waals surface area (Å²) in [7, 11) is 0. The molecule has 3 aromatic rings. The Morgan fingerprint density at radius 2 is 2.07 bits per heavy atom. The molecule has 1 aliphatic carbocycles. The number of fused-ring (bicyclic) bond motifs is 1. The van der Waals surface area contributed by atoms with Crippen molar-refractivity contribution in [3.05, 3.63) is 42.2 Å². The summed E-state index contributed by atoms with van der Waals surface area (Å²) >= 11 is 0. The van der Waals surface area contributed by atoms with E-state index in [1.807, 2.05) is 13.0 Å². The molecule has 0 unspecified atom stereocenters. The number of carbonyl (C=O) groups is 1. The van der Waals surface area contributed by atoms with Crippen molar-refractivity contribution >= 4 is 28.7 Å². The number of halogens is 1. The predicted molar refractivity (Wildman–Crippen MR) is 110 cm³/mol. The molecule has 0 spiro atoms. The highest BCUT2D eigenvalue weighted by Gasteiger charge is 2.20. The van der Waals surface area contributed by atoms with Crippen molar-refractivity contribution in [1.82, 2.24) is 19.6 Å². The Labute approximate surface area is 167 Å². The molecule has 0 bridgehead atoms. The number of rotatable bonds is 6. The number of anilines is 3. The minimum atomic E-state index is -0.601. The van der Waals surface area contributed by atoms with Gasteiger partial charge in [0.15, 0.2) is 17.2 Å². The van der Waals surface area contributed by atoms with Gasteiger partial charge in [-0.25, -0.2) is 13.9 Å². The van der Waals surface area contributed by atoms with Crippen molar-refractivity contribution in [3.63, 3.8) is 0 Å². The Morgan fingerprint density at radius 1 is 1.24 bits per heavy atom. The van der Waals surface area contributed by atoms with Gasteiger partial charge in [0.05, 0.1) is 23.8 Å². The van der Waals surface area contributed by atoms with Crippen LogP contribution in [0, 0.1) is 5.82 Å². The molecular formula is C20H24FN7O. The second kappa shape index (κ2) is 8.42. The molecule has 1 saturated carbocycles. The van der Waals surface area contributed by atoms with Gasteiger partial charge in [0.25, 0.3) is 5.91 Å². The molecule has 0 aromatic carbocycles. The van der Waals surface area contributed by atoms with Gasteiger partial charge in [-0.3, -0.25) is 9.78 Å². The zero-order chi connectivity index (χ0) is 20.2. The largest absolute Gasteiger partial charge is 0.382 e. The van der Waals surface area contributed by atoms with E-state index in [4.69, 9.17) is 0 Å². The van der Waals surface area contributed by atoms with Crippen molar-refractivity contribution in [2.24, 2.45) is 0 Å². The van der Waals surface area contributed by atoms with Gasteiger partial charge in [0.2, 0.25) is 0 Å². The minimum absolute atomic E-state index is 0.0586. The number of imidazole rings is 1. The minimum Gasteiger partial charge on any atom is -0.382 e. The number of amides is 1. The summed E-state index contributed by atoms with van der Waals surface area (Å²) < 4.78 is 15.4. The highest BCUT2D eigenvalue weighted by molar-refractivity contribution is 6.03. The molecule has 152 valence electrons. The number of pyridine rings is 1. The molecule has 0 radical (unpaired) electrons. The Hall–Kier alpha value is -3.23. The molecule has 0 atom stereocenters. The number of nitrogens with one attached hydrogen (secondary N) is 3. The SMILES string of the molecule is CCNc1cc(NC2CCCCC2)nn2c(C(=O)Nc3ccncc3F)cnc12. The van der Waals surface area contributed by atoms with Crippen LogP contribution in [0.4, 0.5) is 21.6 Å². The van der Waals surface area contributed by atoms with Crippen LogP contribution in [0.5, 0.6) is 0 Å². The molecule has 4 rings (SSSR count). The van der Waals surface area contributed by atoms with Gasteiger partial charge in [-0.05, 0) is 25.8 Å². The van der Waals surface area contributed by atoms with Gasteiger partial charge in [-0.2, -0.15) is 0 Å². The molecule has 0 saturated heterocycles. The summed E-state index contributed by atoms with van der Waals surface area (Å²) in [6, 6.07) is 3.70. The third kappa shape index (κ3) is 4.13. The third-order valence-corrected chi connectivity index (χ3v) is 5.05. The Kier molecular flexibility index (Phi) is 5.55. The van der Waals surface area contributed by atoms with Crippen LogP contribution >= 0.6 is 0 Å². The smallest absolute Gasteiger partial charge is 0.276 e. The Bertz CT molecular complexity index is 1010. The van der Waals surface area contributed by atoms with E-state index in [2.05, 4.69) is 31.0 Å². The highest BCUT2D eigenvalue weighted by Crippen LogP contribution is 2.25. The van der Waals surface area contributed by atoms with Gasteiger partial charge in [0.1, 0.15) is 5.82 Å². The second-order valence-electron chi connectivity index (χ2n) is 7.14. The van der Waals surface area contributed by atoms with Crippen molar-refractivity contribution in [2.75, 3.05) is 22.5 Å². The van der Waals surface area contributed by atoms with Crippen LogP contribution in [-0.4, -0.2) is 38.1 Å². The van der Waals surface area contributed by atoms with Gasteiger partial charge < -0.3 is 16.0 Å². The first-order valence-corrected chi connectivity index (χ1v) is 9.95. The fourth-order valence-electron chi connectivity index (χ4n) is 3.63. The fraction of sp³-hybridized carbons (Fsp3) is 0.400. The third-order valence-electron chi connectivity index (χ3n) is 5.05. The zero-order valence-corrected chi connectivity index (χ0v) is 16.3. The number of hydrogen-bond acceptors (Lipinski definition) is 6. The first-order valence-electron chi connectivity index (χ1n) is 9.95. The summed E-state index contributed by atoms with van der Waals surface area (Å²) in [5, 5.41) is 13.9. The van der Waals surface area contributed by atoms with E-state index in [-0.39, 0.29) is 11.4 Å². The number of nitrogens with zero attached hydrogens (tertiary/aromatic N) is 4. The van der Waals surface area contributed by atoms with Gasteiger partial charge in [-0.1, -0.05) is 19.3 Å². The van der Waals surface area contributed by atoms with Crippen LogP contribution in [-0.2, 0) is 0 Å². The van der Waals surface area contributed by atoms with E-state index in [0.29, 0.717) is 24.1 Å². The molecule has 29 heavy (non-hydrogen) atoms. The average molecular weight is 397 g/mol. The molecule has 1 amide bonds. The van der Waals surface area contributed by atoms with Crippen LogP contribution in [0.25, 0.3) is 5.65 Å². The second-order valence-corrected chi connectivity index (χ2v) is 7.14.